The molecule has 3 aromatic rings. The lowest BCUT2D eigenvalue weighted by atomic mass is 9.91. The van der Waals surface area contributed by atoms with Crippen molar-refractivity contribution in [3.05, 3.63) is 70.3 Å². The van der Waals surface area contributed by atoms with Crippen molar-refractivity contribution in [3.8, 4) is 5.69 Å². The second-order valence-electron chi connectivity index (χ2n) is 10.2. The molecule has 33 heavy (non-hydrogen) atoms. The van der Waals surface area contributed by atoms with Crippen molar-refractivity contribution < 1.29 is 4.79 Å². The predicted octanol–water partition coefficient (Wildman–Crippen LogP) is 6.21. The van der Waals surface area contributed by atoms with Gasteiger partial charge in [0, 0.05) is 13.0 Å². The summed E-state index contributed by atoms with van der Waals surface area (Å²) in [6, 6.07) is 15.0. The molecule has 0 bridgehead atoms. The molecule has 0 radical (unpaired) electrons. The highest BCUT2D eigenvalue weighted by Crippen LogP contribution is 2.27. The van der Waals surface area contributed by atoms with Gasteiger partial charge in [-0.3, -0.25) is 14.2 Å². The zero-order valence-corrected chi connectivity index (χ0v) is 20.9. The number of aryl methyl sites for hydroxylation is 1. The summed E-state index contributed by atoms with van der Waals surface area (Å²) in [6.45, 7) is 13.1. The Morgan fingerprint density at radius 1 is 1.06 bits per heavy atom. The van der Waals surface area contributed by atoms with Gasteiger partial charge in [-0.1, -0.05) is 70.4 Å². The Balaban J connectivity index is 2.17. The van der Waals surface area contributed by atoms with Crippen LogP contribution in [0.4, 0.5) is 0 Å². The molecular weight excluding hydrogens is 410 g/mol. The number of fused-ring (bicyclic) bond motifs is 1. The monoisotopic (exact) mass is 447 g/mol. The van der Waals surface area contributed by atoms with Crippen molar-refractivity contribution in [2.24, 2.45) is 5.41 Å². The Bertz CT molecular complexity index is 1160. The molecule has 0 saturated heterocycles. The molecule has 5 heteroatoms. The van der Waals surface area contributed by atoms with Crippen LogP contribution in [0, 0.1) is 12.3 Å². The van der Waals surface area contributed by atoms with Gasteiger partial charge in [-0.05, 0) is 49.9 Å². The molecule has 0 N–H and O–H groups in total. The minimum atomic E-state index is -0.338. The Kier molecular flexibility index (Phi) is 7.72. The van der Waals surface area contributed by atoms with E-state index in [1.807, 2.05) is 67.3 Å². The lowest BCUT2D eigenvalue weighted by Gasteiger charge is -2.32. The van der Waals surface area contributed by atoms with Crippen LogP contribution >= 0.6 is 0 Å². The Morgan fingerprint density at radius 2 is 1.73 bits per heavy atom. The van der Waals surface area contributed by atoms with E-state index in [9.17, 15) is 9.59 Å². The molecule has 0 aliphatic rings. The molecule has 1 aromatic heterocycles. The third kappa shape index (κ3) is 5.89. The van der Waals surface area contributed by atoms with Crippen molar-refractivity contribution in [1.82, 2.24) is 14.5 Å². The van der Waals surface area contributed by atoms with Crippen LogP contribution in [0.3, 0.4) is 0 Å². The number of aromatic nitrogens is 2. The Hall–Kier alpha value is -2.95. The maximum atomic E-state index is 13.6. The first-order valence-corrected chi connectivity index (χ1v) is 12.0. The van der Waals surface area contributed by atoms with Crippen LogP contribution in [-0.2, 0) is 4.79 Å². The van der Waals surface area contributed by atoms with Crippen LogP contribution in [0.15, 0.2) is 53.3 Å². The van der Waals surface area contributed by atoms with Crippen molar-refractivity contribution in [2.45, 2.75) is 73.3 Å². The summed E-state index contributed by atoms with van der Waals surface area (Å²) >= 11 is 0. The first-order chi connectivity index (χ1) is 15.6. The van der Waals surface area contributed by atoms with Gasteiger partial charge in [0.05, 0.1) is 22.6 Å². The number of nitrogens with zero attached hydrogens (tertiary/aromatic N) is 3. The number of amides is 1. The van der Waals surface area contributed by atoms with E-state index >= 15 is 0 Å². The molecule has 0 aliphatic heterocycles. The van der Waals surface area contributed by atoms with Crippen LogP contribution in [0.1, 0.15) is 77.7 Å². The highest BCUT2D eigenvalue weighted by Gasteiger charge is 2.29. The van der Waals surface area contributed by atoms with Crippen molar-refractivity contribution in [1.29, 1.82) is 0 Å². The zero-order chi connectivity index (χ0) is 24.2. The normalized spacial score (nSPS) is 12.7. The number of carbonyl (C=O) groups is 1. The van der Waals surface area contributed by atoms with Crippen molar-refractivity contribution >= 4 is 16.8 Å². The molecule has 1 amide bonds. The third-order valence-electron chi connectivity index (χ3n) is 5.94. The maximum Gasteiger partial charge on any atom is 0.266 e. The van der Waals surface area contributed by atoms with Gasteiger partial charge in [0.2, 0.25) is 5.91 Å². The number of para-hydroxylation sites is 1. The molecule has 0 fully saturated rings. The molecule has 0 spiro atoms. The SMILES string of the molecule is CCCCCN(C(=O)CC(C)(C)C)C(C)c1nc2ccccc2c(=O)n1-c1ccc(C)cc1. The van der Waals surface area contributed by atoms with E-state index in [0.717, 1.165) is 30.5 Å². The van der Waals surface area contributed by atoms with E-state index in [4.69, 9.17) is 4.98 Å². The molecule has 0 aliphatic carbocycles. The number of benzene rings is 2. The highest BCUT2D eigenvalue weighted by molar-refractivity contribution is 5.79. The average Bonchev–Trinajstić information content (AvgIpc) is 2.76. The summed E-state index contributed by atoms with van der Waals surface area (Å²) < 4.78 is 1.68. The van der Waals surface area contributed by atoms with Gasteiger partial charge in [-0.15, -0.1) is 0 Å². The quantitative estimate of drug-likeness (QED) is 0.386. The van der Waals surface area contributed by atoms with Gasteiger partial charge in [0.1, 0.15) is 5.82 Å². The van der Waals surface area contributed by atoms with Crippen molar-refractivity contribution in [3.63, 3.8) is 0 Å². The zero-order valence-electron chi connectivity index (χ0n) is 20.9. The molecule has 3 rings (SSSR count). The van der Waals surface area contributed by atoms with Crippen molar-refractivity contribution in [2.75, 3.05) is 6.54 Å². The molecule has 1 atom stereocenters. The summed E-state index contributed by atoms with van der Waals surface area (Å²) in [7, 11) is 0. The van der Waals surface area contributed by atoms with Crippen LogP contribution in [-0.4, -0.2) is 26.9 Å². The predicted molar refractivity (Wildman–Crippen MR) is 136 cm³/mol. The molecule has 1 heterocycles. The lowest BCUT2D eigenvalue weighted by Crippen LogP contribution is -2.39. The van der Waals surface area contributed by atoms with Gasteiger partial charge in [0.15, 0.2) is 0 Å². The van der Waals surface area contributed by atoms with E-state index in [1.54, 1.807) is 4.57 Å². The number of hydrogen-bond acceptors (Lipinski definition) is 3. The molecule has 176 valence electrons. The first-order valence-electron chi connectivity index (χ1n) is 12.0. The number of unbranched alkanes of at least 4 members (excludes halogenated alkanes) is 2. The van der Waals surface area contributed by atoms with E-state index in [0.29, 0.717) is 29.7 Å². The molecular formula is C28H37N3O2. The molecule has 1 unspecified atom stereocenters. The minimum Gasteiger partial charge on any atom is -0.333 e. The molecule has 2 aromatic carbocycles. The fraction of sp³-hybridized carbons (Fsp3) is 0.464. The smallest absolute Gasteiger partial charge is 0.266 e. The van der Waals surface area contributed by atoms with Gasteiger partial charge in [-0.2, -0.15) is 0 Å². The van der Waals surface area contributed by atoms with E-state index in [-0.39, 0.29) is 22.9 Å². The Morgan fingerprint density at radius 3 is 2.36 bits per heavy atom. The number of carbonyl (C=O) groups excluding carboxylic acids is 1. The number of rotatable bonds is 8. The van der Waals surface area contributed by atoms with Crippen LogP contribution in [0.25, 0.3) is 16.6 Å². The lowest BCUT2D eigenvalue weighted by molar-refractivity contribution is -0.135. The second-order valence-corrected chi connectivity index (χ2v) is 10.2. The Labute approximate surface area is 197 Å². The summed E-state index contributed by atoms with van der Waals surface area (Å²) in [6.07, 6.45) is 3.52. The summed E-state index contributed by atoms with van der Waals surface area (Å²) in [5.74, 6) is 0.699. The van der Waals surface area contributed by atoms with Crippen LogP contribution in [0.5, 0.6) is 0 Å². The summed E-state index contributed by atoms with van der Waals surface area (Å²) in [5.41, 5.74) is 2.32. The van der Waals surface area contributed by atoms with Gasteiger partial charge in [-0.25, -0.2) is 4.98 Å². The van der Waals surface area contributed by atoms with Gasteiger partial charge < -0.3 is 4.90 Å². The topological polar surface area (TPSA) is 55.2 Å². The van der Waals surface area contributed by atoms with Gasteiger partial charge in [0.25, 0.3) is 5.56 Å². The fourth-order valence-electron chi connectivity index (χ4n) is 4.13. The second kappa shape index (κ2) is 10.3. The summed E-state index contributed by atoms with van der Waals surface area (Å²) in [5, 5.41) is 0.576. The minimum absolute atomic E-state index is 0.101. The fourth-order valence-corrected chi connectivity index (χ4v) is 4.13. The summed E-state index contributed by atoms with van der Waals surface area (Å²) in [4.78, 5) is 33.9. The van der Waals surface area contributed by atoms with Crippen LogP contribution in [0.2, 0.25) is 0 Å². The number of hydrogen-bond donors (Lipinski definition) is 0. The van der Waals surface area contributed by atoms with E-state index < -0.39 is 0 Å². The average molecular weight is 448 g/mol. The van der Waals surface area contributed by atoms with Crippen LogP contribution < -0.4 is 5.56 Å². The molecule has 5 nitrogen and oxygen atoms in total. The van der Waals surface area contributed by atoms with E-state index in [1.165, 1.54) is 0 Å². The standard InChI is InChI=1S/C28H37N3O2/c1-7-8-11-18-30(25(32)19-28(4,5)6)21(3)26-29-24-13-10-9-12-23(24)27(33)31(26)22-16-14-20(2)15-17-22/h9-10,12-17,21H,7-8,11,18-19H2,1-6H3. The van der Waals surface area contributed by atoms with Gasteiger partial charge >= 0.3 is 0 Å². The largest absolute Gasteiger partial charge is 0.333 e. The highest BCUT2D eigenvalue weighted by atomic mass is 16.2. The maximum absolute atomic E-state index is 13.6. The molecule has 0 saturated carbocycles. The third-order valence-corrected chi connectivity index (χ3v) is 5.94. The van der Waals surface area contributed by atoms with E-state index in [2.05, 4.69) is 27.7 Å². The first kappa shape index (κ1) is 24.7.